The fourth-order valence-corrected chi connectivity index (χ4v) is 4.50. The smallest absolute Gasteiger partial charge is 0.241 e. The van der Waals surface area contributed by atoms with Crippen LogP contribution in [0.4, 0.5) is 5.69 Å². The molecule has 0 spiro atoms. The summed E-state index contributed by atoms with van der Waals surface area (Å²) >= 11 is 1.23. The predicted molar refractivity (Wildman–Crippen MR) is 118 cm³/mol. The lowest BCUT2D eigenvalue weighted by atomic mass is 10.00. The number of nitrogens with zero attached hydrogens (tertiary/aromatic N) is 5. The Balaban J connectivity index is 1.28. The lowest BCUT2D eigenvalue weighted by Gasteiger charge is -2.34. The number of amides is 1. The molecule has 1 aliphatic heterocycles. The van der Waals surface area contributed by atoms with Gasteiger partial charge in [0.25, 0.3) is 0 Å². The number of fused-ring (bicyclic) bond motifs is 1. The van der Waals surface area contributed by atoms with E-state index in [4.69, 9.17) is 0 Å². The summed E-state index contributed by atoms with van der Waals surface area (Å²) in [6, 6.07) is 15.7. The molecule has 1 unspecified atom stereocenters. The Labute approximate surface area is 178 Å². The van der Waals surface area contributed by atoms with Gasteiger partial charge in [-0.15, -0.1) is 0 Å². The van der Waals surface area contributed by atoms with Crippen LogP contribution in [-0.2, 0) is 11.3 Å². The molecule has 1 amide bonds. The monoisotopic (exact) mass is 418 g/mol. The minimum absolute atomic E-state index is 0.0537. The van der Waals surface area contributed by atoms with E-state index in [-0.39, 0.29) is 11.9 Å². The maximum Gasteiger partial charge on any atom is 0.241 e. The number of likely N-dealkylation sites (tertiary alicyclic amines) is 1. The van der Waals surface area contributed by atoms with E-state index in [1.54, 1.807) is 10.9 Å². The van der Waals surface area contributed by atoms with Crippen LogP contribution in [0.25, 0.3) is 16.7 Å². The maximum atomic E-state index is 13.1. The Kier molecular flexibility index (Phi) is 5.25. The zero-order valence-corrected chi connectivity index (χ0v) is 17.3. The van der Waals surface area contributed by atoms with Crippen molar-refractivity contribution in [3.63, 3.8) is 0 Å². The van der Waals surface area contributed by atoms with Crippen molar-refractivity contribution in [1.29, 1.82) is 0 Å². The highest BCUT2D eigenvalue weighted by Gasteiger charge is 2.28. The summed E-state index contributed by atoms with van der Waals surface area (Å²) in [5.74, 6) is 0.0537. The fourth-order valence-electron chi connectivity index (χ4n) is 3.98. The van der Waals surface area contributed by atoms with Crippen molar-refractivity contribution in [2.24, 2.45) is 0 Å². The van der Waals surface area contributed by atoms with E-state index in [9.17, 15) is 4.79 Å². The molecule has 1 atom stereocenters. The number of anilines is 1. The molecule has 0 saturated carbocycles. The van der Waals surface area contributed by atoms with Crippen LogP contribution in [0.5, 0.6) is 0 Å². The van der Waals surface area contributed by atoms with Gasteiger partial charge < -0.3 is 5.32 Å². The molecule has 4 aromatic rings. The Morgan fingerprint density at radius 2 is 1.97 bits per heavy atom. The van der Waals surface area contributed by atoms with E-state index in [0.29, 0.717) is 0 Å². The molecule has 30 heavy (non-hydrogen) atoms. The quantitative estimate of drug-likeness (QED) is 0.532. The Morgan fingerprint density at radius 1 is 1.10 bits per heavy atom. The fraction of sp³-hybridized carbons (Fsp3) is 0.273. The summed E-state index contributed by atoms with van der Waals surface area (Å²) in [6.45, 7) is 1.66. The highest BCUT2D eigenvalue weighted by Crippen LogP contribution is 2.23. The van der Waals surface area contributed by atoms with Gasteiger partial charge in [0.2, 0.25) is 5.91 Å². The number of hydrogen-bond acceptors (Lipinski definition) is 6. The molecule has 2 aromatic carbocycles. The Bertz CT molecular complexity index is 1140. The second-order valence-corrected chi connectivity index (χ2v) is 8.08. The van der Waals surface area contributed by atoms with Crippen LogP contribution in [0.15, 0.2) is 60.9 Å². The molecule has 1 aliphatic rings. The van der Waals surface area contributed by atoms with Gasteiger partial charge in [-0.1, -0.05) is 12.5 Å². The van der Waals surface area contributed by atoms with Gasteiger partial charge in [0, 0.05) is 24.6 Å². The third kappa shape index (κ3) is 3.96. The minimum atomic E-state index is -0.131. The first kappa shape index (κ1) is 18.9. The number of carbonyl (C=O) groups excluding carboxylic acids is 1. The molecule has 3 heterocycles. The third-order valence-corrected chi connectivity index (χ3v) is 6.08. The Hall–Kier alpha value is -3.10. The van der Waals surface area contributed by atoms with Crippen molar-refractivity contribution in [1.82, 2.24) is 23.4 Å². The number of carbonyl (C=O) groups is 1. The molecule has 1 fully saturated rings. The van der Waals surface area contributed by atoms with Gasteiger partial charge in [-0.2, -0.15) is 13.8 Å². The van der Waals surface area contributed by atoms with Gasteiger partial charge in [-0.05, 0) is 67.4 Å². The molecule has 1 N–H and O–H groups in total. The average Bonchev–Trinajstić information content (AvgIpc) is 3.46. The minimum Gasteiger partial charge on any atom is -0.325 e. The molecular weight excluding hydrogens is 396 g/mol. The summed E-state index contributed by atoms with van der Waals surface area (Å²) in [5.41, 5.74) is 4.78. The van der Waals surface area contributed by atoms with E-state index >= 15 is 0 Å². The molecular formula is C22H22N6OS. The highest BCUT2D eigenvalue weighted by atomic mass is 32.1. The van der Waals surface area contributed by atoms with Crippen molar-refractivity contribution in [2.45, 2.75) is 31.8 Å². The summed E-state index contributed by atoms with van der Waals surface area (Å²) < 4.78 is 10.4. The molecule has 0 radical (unpaired) electrons. The zero-order chi connectivity index (χ0) is 20.3. The van der Waals surface area contributed by atoms with Crippen LogP contribution in [0, 0.1) is 0 Å². The topological polar surface area (TPSA) is 75.9 Å². The number of piperidine rings is 1. The highest BCUT2D eigenvalue weighted by molar-refractivity contribution is 7.00. The van der Waals surface area contributed by atoms with Gasteiger partial charge in [-0.3, -0.25) is 9.69 Å². The average molecular weight is 419 g/mol. The lowest BCUT2D eigenvalue weighted by Crippen LogP contribution is -2.46. The molecule has 5 rings (SSSR count). The number of benzene rings is 2. The zero-order valence-electron chi connectivity index (χ0n) is 16.4. The van der Waals surface area contributed by atoms with Crippen molar-refractivity contribution < 1.29 is 4.79 Å². The SMILES string of the molecule is O=C(Nc1ccc(-n2cccn2)cc1)C1CCCCN1Cc1ccc2nsnc2c1. The van der Waals surface area contributed by atoms with Gasteiger partial charge in [0.15, 0.2) is 0 Å². The van der Waals surface area contributed by atoms with E-state index in [0.717, 1.165) is 54.8 Å². The van der Waals surface area contributed by atoms with Crippen LogP contribution in [0.1, 0.15) is 24.8 Å². The van der Waals surface area contributed by atoms with Gasteiger partial charge in [-0.25, -0.2) is 4.68 Å². The second-order valence-electron chi connectivity index (χ2n) is 7.56. The van der Waals surface area contributed by atoms with Crippen LogP contribution < -0.4 is 5.32 Å². The molecule has 8 heteroatoms. The maximum absolute atomic E-state index is 13.1. The first-order valence-electron chi connectivity index (χ1n) is 10.1. The summed E-state index contributed by atoms with van der Waals surface area (Å²) in [5, 5.41) is 7.33. The summed E-state index contributed by atoms with van der Waals surface area (Å²) in [6.07, 6.45) is 6.70. The third-order valence-electron chi connectivity index (χ3n) is 5.52. The van der Waals surface area contributed by atoms with Crippen molar-refractivity contribution >= 4 is 34.4 Å². The molecule has 7 nitrogen and oxygen atoms in total. The normalized spacial score (nSPS) is 17.3. The number of rotatable bonds is 5. The predicted octanol–water partition coefficient (Wildman–Crippen LogP) is 3.87. The number of nitrogens with one attached hydrogen (secondary N) is 1. The molecule has 1 saturated heterocycles. The molecule has 0 bridgehead atoms. The van der Waals surface area contributed by atoms with E-state index in [2.05, 4.69) is 36.2 Å². The lowest BCUT2D eigenvalue weighted by molar-refractivity contribution is -0.122. The number of hydrogen-bond donors (Lipinski definition) is 1. The summed E-state index contributed by atoms with van der Waals surface area (Å²) in [7, 11) is 0. The van der Waals surface area contributed by atoms with Crippen LogP contribution in [-0.4, -0.2) is 41.9 Å². The van der Waals surface area contributed by atoms with Crippen molar-refractivity contribution in [3.05, 3.63) is 66.5 Å². The first-order chi connectivity index (χ1) is 14.8. The van der Waals surface area contributed by atoms with Crippen molar-refractivity contribution in [2.75, 3.05) is 11.9 Å². The first-order valence-corrected chi connectivity index (χ1v) is 10.9. The van der Waals surface area contributed by atoms with Gasteiger partial charge >= 0.3 is 0 Å². The van der Waals surface area contributed by atoms with Crippen molar-refractivity contribution in [3.8, 4) is 5.69 Å². The van der Waals surface area contributed by atoms with Gasteiger partial charge in [0.1, 0.15) is 11.0 Å². The summed E-state index contributed by atoms with van der Waals surface area (Å²) in [4.78, 5) is 15.3. The van der Waals surface area contributed by atoms with E-state index < -0.39 is 0 Å². The Morgan fingerprint density at radius 3 is 2.80 bits per heavy atom. The molecule has 152 valence electrons. The second kappa shape index (κ2) is 8.33. The molecule has 0 aliphatic carbocycles. The molecule has 2 aromatic heterocycles. The largest absolute Gasteiger partial charge is 0.325 e. The number of aromatic nitrogens is 4. The standard InChI is InChI=1S/C22H22N6OS/c29-22(24-17-6-8-18(9-7-17)28-13-3-11-23-28)21-4-1-2-12-27(21)15-16-5-10-19-20(14-16)26-30-25-19/h3,5-11,13-14,21H,1-2,4,12,15H2,(H,24,29). The van der Waals surface area contributed by atoms with Crippen LogP contribution in [0.3, 0.4) is 0 Å². The van der Waals surface area contributed by atoms with Crippen LogP contribution in [0.2, 0.25) is 0 Å². The van der Waals surface area contributed by atoms with E-state index in [1.165, 1.54) is 17.3 Å². The van der Waals surface area contributed by atoms with Crippen LogP contribution >= 0.6 is 11.7 Å². The van der Waals surface area contributed by atoms with E-state index in [1.807, 2.05) is 42.6 Å². The van der Waals surface area contributed by atoms with Gasteiger partial charge in [0.05, 0.1) is 23.5 Å².